The van der Waals surface area contributed by atoms with Crippen LogP contribution in [0.25, 0.3) is 5.52 Å². The monoisotopic (exact) mass is 352 g/mol. The van der Waals surface area contributed by atoms with Crippen molar-refractivity contribution in [1.29, 1.82) is 0 Å². The summed E-state index contributed by atoms with van der Waals surface area (Å²) >= 11 is 0. The number of oxazole rings is 1. The first-order valence-corrected chi connectivity index (χ1v) is 9.22. The van der Waals surface area contributed by atoms with Crippen molar-refractivity contribution in [2.45, 2.75) is 46.6 Å². The molecule has 4 rings (SSSR count). The summed E-state index contributed by atoms with van der Waals surface area (Å²) in [6.45, 7) is 7.54. The second-order valence-corrected chi connectivity index (χ2v) is 7.43. The summed E-state index contributed by atoms with van der Waals surface area (Å²) in [6, 6.07) is 3.94. The maximum absolute atomic E-state index is 13.1. The van der Waals surface area contributed by atoms with Crippen molar-refractivity contribution < 1.29 is 9.21 Å². The van der Waals surface area contributed by atoms with Crippen LogP contribution < -0.4 is 0 Å². The van der Waals surface area contributed by atoms with Crippen LogP contribution in [0.5, 0.6) is 0 Å². The zero-order chi connectivity index (χ0) is 18.3. The van der Waals surface area contributed by atoms with E-state index in [9.17, 15) is 4.79 Å². The van der Waals surface area contributed by atoms with Crippen molar-refractivity contribution in [3.05, 3.63) is 53.0 Å². The minimum atomic E-state index is 0.00619. The van der Waals surface area contributed by atoms with Gasteiger partial charge in [-0.05, 0) is 30.9 Å². The summed E-state index contributed by atoms with van der Waals surface area (Å²) in [6.07, 6.45) is 6.16. The number of hydrogen-bond donors (Lipinski definition) is 0. The predicted molar refractivity (Wildman–Crippen MR) is 98.0 cm³/mol. The maximum atomic E-state index is 13.1. The summed E-state index contributed by atoms with van der Waals surface area (Å²) in [7, 11) is 0. The van der Waals surface area contributed by atoms with E-state index < -0.39 is 0 Å². The molecule has 0 saturated heterocycles. The van der Waals surface area contributed by atoms with Gasteiger partial charge in [0.15, 0.2) is 5.89 Å². The van der Waals surface area contributed by atoms with Crippen LogP contribution in [0.15, 0.2) is 28.9 Å². The number of amides is 1. The molecule has 6 nitrogen and oxygen atoms in total. The molecule has 1 aliphatic heterocycles. The van der Waals surface area contributed by atoms with Crippen molar-refractivity contribution in [2.24, 2.45) is 5.92 Å². The van der Waals surface area contributed by atoms with Crippen molar-refractivity contribution in [2.75, 3.05) is 6.54 Å². The molecule has 4 heterocycles. The molecule has 0 fully saturated rings. The number of hydrogen-bond acceptors (Lipinski definition) is 4. The SMILES string of the molecule is Cc1cccn2ncc(C(=O)N3CCc4oc(CCC(C)C)nc4C3)c12. The Morgan fingerprint density at radius 3 is 3.04 bits per heavy atom. The second kappa shape index (κ2) is 6.59. The topological polar surface area (TPSA) is 63.6 Å². The summed E-state index contributed by atoms with van der Waals surface area (Å²) in [5, 5.41) is 4.32. The fourth-order valence-electron chi connectivity index (χ4n) is 3.49. The number of carbonyl (C=O) groups is 1. The lowest BCUT2D eigenvalue weighted by molar-refractivity contribution is 0.0729. The van der Waals surface area contributed by atoms with E-state index in [1.54, 1.807) is 10.7 Å². The lowest BCUT2D eigenvalue weighted by Gasteiger charge is -2.25. The fourth-order valence-corrected chi connectivity index (χ4v) is 3.49. The van der Waals surface area contributed by atoms with Crippen LogP contribution in [0.2, 0.25) is 0 Å². The van der Waals surface area contributed by atoms with Crippen LogP contribution in [0.3, 0.4) is 0 Å². The zero-order valence-corrected chi connectivity index (χ0v) is 15.5. The maximum Gasteiger partial charge on any atom is 0.258 e. The third-order valence-electron chi connectivity index (χ3n) is 4.97. The Hall–Kier alpha value is -2.63. The van der Waals surface area contributed by atoms with Crippen molar-refractivity contribution in [1.82, 2.24) is 19.5 Å². The number of aryl methyl sites for hydroxylation is 2. The van der Waals surface area contributed by atoms with Gasteiger partial charge in [-0.1, -0.05) is 19.9 Å². The van der Waals surface area contributed by atoms with Crippen LogP contribution in [0, 0.1) is 12.8 Å². The fraction of sp³-hybridized carbons (Fsp3) is 0.450. The summed E-state index contributed by atoms with van der Waals surface area (Å²) in [5.41, 5.74) is 3.47. The molecule has 0 spiro atoms. The Kier molecular flexibility index (Phi) is 4.26. The molecular weight excluding hydrogens is 328 g/mol. The molecule has 3 aromatic rings. The highest BCUT2D eigenvalue weighted by atomic mass is 16.4. The molecule has 6 heteroatoms. The number of rotatable bonds is 4. The molecule has 136 valence electrons. The molecule has 0 N–H and O–H groups in total. The van der Waals surface area contributed by atoms with Crippen molar-refractivity contribution in [3.8, 4) is 0 Å². The molecule has 0 radical (unpaired) electrons. The van der Waals surface area contributed by atoms with Crippen LogP contribution in [-0.2, 0) is 19.4 Å². The van der Waals surface area contributed by atoms with E-state index in [0.29, 0.717) is 31.0 Å². The minimum absolute atomic E-state index is 0.00619. The predicted octanol–water partition coefficient (Wildman–Crippen LogP) is 3.42. The molecule has 1 amide bonds. The molecule has 1 aliphatic rings. The molecule has 0 unspecified atom stereocenters. The van der Waals surface area contributed by atoms with Gasteiger partial charge in [0.2, 0.25) is 0 Å². The quantitative estimate of drug-likeness (QED) is 0.722. The van der Waals surface area contributed by atoms with E-state index in [2.05, 4.69) is 23.9 Å². The first-order chi connectivity index (χ1) is 12.5. The van der Waals surface area contributed by atoms with Gasteiger partial charge in [0.1, 0.15) is 11.5 Å². The lowest BCUT2D eigenvalue weighted by atomic mass is 10.1. The van der Waals surface area contributed by atoms with Gasteiger partial charge < -0.3 is 9.32 Å². The lowest BCUT2D eigenvalue weighted by Crippen LogP contribution is -2.35. The van der Waals surface area contributed by atoms with Gasteiger partial charge in [0.25, 0.3) is 5.91 Å². The van der Waals surface area contributed by atoms with E-state index in [1.807, 2.05) is 30.2 Å². The van der Waals surface area contributed by atoms with Gasteiger partial charge >= 0.3 is 0 Å². The third-order valence-corrected chi connectivity index (χ3v) is 4.97. The van der Waals surface area contributed by atoms with Crippen molar-refractivity contribution in [3.63, 3.8) is 0 Å². The molecule has 26 heavy (non-hydrogen) atoms. The van der Waals surface area contributed by atoms with Gasteiger partial charge in [-0.3, -0.25) is 4.79 Å². The first kappa shape index (κ1) is 16.8. The number of nitrogens with zero attached hydrogens (tertiary/aromatic N) is 4. The minimum Gasteiger partial charge on any atom is -0.445 e. The summed E-state index contributed by atoms with van der Waals surface area (Å²) in [4.78, 5) is 19.6. The molecule has 0 atom stereocenters. The number of carbonyl (C=O) groups excluding carboxylic acids is 1. The third kappa shape index (κ3) is 3.00. The van der Waals surface area contributed by atoms with Crippen LogP contribution >= 0.6 is 0 Å². The Bertz CT molecular complexity index is 954. The van der Waals surface area contributed by atoms with Crippen LogP contribution in [0.4, 0.5) is 0 Å². The van der Waals surface area contributed by atoms with E-state index in [-0.39, 0.29) is 5.91 Å². The Morgan fingerprint density at radius 1 is 1.38 bits per heavy atom. The standard InChI is InChI=1S/C20H24N4O2/c1-13(2)6-7-18-22-16-12-23(10-8-17(16)26-18)20(25)15-11-21-24-9-4-5-14(3)19(15)24/h4-5,9,11,13H,6-8,10,12H2,1-3H3. The van der Waals surface area contributed by atoms with Gasteiger partial charge in [-0.2, -0.15) is 5.10 Å². The molecule has 0 aromatic carbocycles. The summed E-state index contributed by atoms with van der Waals surface area (Å²) < 4.78 is 7.66. The Morgan fingerprint density at radius 2 is 2.23 bits per heavy atom. The number of aromatic nitrogens is 3. The molecule has 3 aromatic heterocycles. The molecule has 0 saturated carbocycles. The molecule has 0 aliphatic carbocycles. The van der Waals surface area contributed by atoms with Gasteiger partial charge in [-0.25, -0.2) is 9.50 Å². The number of pyridine rings is 1. The zero-order valence-electron chi connectivity index (χ0n) is 15.5. The number of fused-ring (bicyclic) bond motifs is 2. The van der Waals surface area contributed by atoms with Gasteiger partial charge in [0, 0.05) is 25.6 Å². The average Bonchev–Trinajstić information content (AvgIpc) is 3.23. The molecular formula is C20H24N4O2. The van der Waals surface area contributed by atoms with Gasteiger partial charge in [0.05, 0.1) is 23.8 Å². The average molecular weight is 352 g/mol. The Balaban J connectivity index is 1.55. The normalized spacial score (nSPS) is 14.2. The summed E-state index contributed by atoms with van der Waals surface area (Å²) in [5.74, 6) is 2.36. The van der Waals surface area contributed by atoms with Crippen LogP contribution in [-0.4, -0.2) is 31.9 Å². The second-order valence-electron chi connectivity index (χ2n) is 7.43. The van der Waals surface area contributed by atoms with E-state index in [4.69, 9.17) is 4.42 Å². The van der Waals surface area contributed by atoms with Crippen molar-refractivity contribution >= 4 is 11.4 Å². The van der Waals surface area contributed by atoms with E-state index in [1.165, 1.54) is 0 Å². The highest BCUT2D eigenvalue weighted by Crippen LogP contribution is 2.24. The van der Waals surface area contributed by atoms with E-state index in [0.717, 1.165) is 41.3 Å². The van der Waals surface area contributed by atoms with E-state index >= 15 is 0 Å². The first-order valence-electron chi connectivity index (χ1n) is 9.22. The Labute approximate surface area is 152 Å². The highest BCUT2D eigenvalue weighted by Gasteiger charge is 2.28. The van der Waals surface area contributed by atoms with Gasteiger partial charge in [-0.15, -0.1) is 0 Å². The molecule has 0 bridgehead atoms. The van der Waals surface area contributed by atoms with Crippen LogP contribution in [0.1, 0.15) is 53.5 Å². The highest BCUT2D eigenvalue weighted by molar-refractivity contribution is 6.01. The largest absolute Gasteiger partial charge is 0.445 e. The smallest absolute Gasteiger partial charge is 0.258 e.